The van der Waals surface area contributed by atoms with Gasteiger partial charge in [0.25, 0.3) is 0 Å². The summed E-state index contributed by atoms with van der Waals surface area (Å²) in [5, 5.41) is 8.89. The number of rotatable bonds is 6. The van der Waals surface area contributed by atoms with E-state index in [9.17, 15) is 0 Å². The molecule has 6 heteroatoms. The summed E-state index contributed by atoms with van der Waals surface area (Å²) in [7, 11) is 0. The molecule has 0 bridgehead atoms. The second kappa shape index (κ2) is 15.0. The van der Waals surface area contributed by atoms with Crippen molar-refractivity contribution in [2.75, 3.05) is 0 Å². The minimum absolute atomic E-state index is 0.646. The smallest absolute Gasteiger partial charge is 0.160 e. The lowest BCUT2D eigenvalue weighted by atomic mass is 9.99. The number of hydrogen-bond acceptors (Lipinski definition) is 4. The molecule has 0 spiro atoms. The first-order valence-corrected chi connectivity index (χ1v) is 23.6. The van der Waals surface area contributed by atoms with Crippen LogP contribution in [0.2, 0.25) is 0 Å². The van der Waals surface area contributed by atoms with E-state index >= 15 is 0 Å². The summed E-state index contributed by atoms with van der Waals surface area (Å²) in [6.45, 7) is 0. The van der Waals surface area contributed by atoms with Gasteiger partial charge in [0.2, 0.25) is 0 Å². The van der Waals surface area contributed by atoms with Gasteiger partial charge in [-0.2, -0.15) is 0 Å². The molecule has 0 aliphatic rings. The van der Waals surface area contributed by atoms with Crippen molar-refractivity contribution in [1.82, 2.24) is 19.1 Å². The molecule has 0 aliphatic heterocycles. The predicted molar refractivity (Wildman–Crippen MR) is 287 cm³/mol. The van der Waals surface area contributed by atoms with Crippen molar-refractivity contribution >= 4 is 87.5 Å². The quantitative estimate of drug-likeness (QED) is 0.167. The third kappa shape index (κ3) is 5.74. The molecule has 0 unspecified atom stereocenters. The topological polar surface area (TPSA) is 61.9 Å². The van der Waals surface area contributed by atoms with Gasteiger partial charge in [0, 0.05) is 60.3 Å². The number of nitrogens with zero attached hydrogens (tertiary/aromatic N) is 4. The molecule has 0 amide bonds. The summed E-state index contributed by atoms with van der Waals surface area (Å²) in [6.07, 6.45) is 0. The first-order chi connectivity index (χ1) is 34.7. The summed E-state index contributed by atoms with van der Waals surface area (Å²) in [6, 6.07) is 81.3. The minimum atomic E-state index is 0.646. The van der Waals surface area contributed by atoms with Crippen LogP contribution in [0.1, 0.15) is 0 Å². The summed E-state index contributed by atoms with van der Waals surface area (Å²) in [4.78, 5) is 10.6. The third-order valence-corrected chi connectivity index (χ3v) is 14.1. The van der Waals surface area contributed by atoms with E-state index in [1.54, 1.807) is 0 Å². The average molecular weight is 895 g/mol. The summed E-state index contributed by atoms with van der Waals surface area (Å²) < 4.78 is 18.2. The Kier molecular flexibility index (Phi) is 8.26. The van der Waals surface area contributed by atoms with Gasteiger partial charge < -0.3 is 18.0 Å². The lowest BCUT2D eigenvalue weighted by molar-refractivity contribution is 0.672. The van der Waals surface area contributed by atoms with Crippen LogP contribution in [0.25, 0.3) is 144 Å². The van der Waals surface area contributed by atoms with E-state index in [2.05, 4.69) is 215 Å². The van der Waals surface area contributed by atoms with Crippen LogP contribution in [0.3, 0.4) is 0 Å². The summed E-state index contributed by atoms with van der Waals surface area (Å²) >= 11 is 0. The van der Waals surface area contributed by atoms with Crippen molar-refractivity contribution < 1.29 is 8.83 Å². The fourth-order valence-corrected chi connectivity index (χ4v) is 11.0. The molecule has 10 aromatic carbocycles. The molecule has 0 fully saturated rings. The zero-order chi connectivity index (χ0) is 45.9. The van der Waals surface area contributed by atoms with Gasteiger partial charge in [0.05, 0.1) is 49.9 Å². The zero-order valence-electron chi connectivity index (χ0n) is 37.5. The monoisotopic (exact) mass is 894 g/mol. The molecule has 5 heterocycles. The minimum Gasteiger partial charge on any atom is -0.455 e. The van der Waals surface area contributed by atoms with Crippen LogP contribution in [0, 0.1) is 0 Å². The SMILES string of the molecule is c1ccc(-c2cc(-c3ccccc3)nc(-c3ccc(-n4c5ccccc5c5c6oc7ccccc7c6ccc54)c(-c4cccc(-n5c6ccccc6c6c7oc8ccccc8c7ccc65)c4)c3)n2)cc1. The Morgan fingerprint density at radius 1 is 0.314 bits per heavy atom. The lowest BCUT2D eigenvalue weighted by Crippen LogP contribution is -2.01. The molecule has 0 atom stereocenters. The van der Waals surface area contributed by atoms with Gasteiger partial charge in [-0.25, -0.2) is 9.97 Å². The predicted octanol–water partition coefficient (Wildman–Crippen LogP) is 17.1. The summed E-state index contributed by atoms with van der Waals surface area (Å²) in [5.41, 5.74) is 16.7. The van der Waals surface area contributed by atoms with Crippen LogP contribution in [-0.2, 0) is 0 Å². The maximum Gasteiger partial charge on any atom is 0.160 e. The Morgan fingerprint density at radius 2 is 0.814 bits per heavy atom. The Hall–Kier alpha value is -9.52. The van der Waals surface area contributed by atoms with E-state index in [0.717, 1.165) is 138 Å². The maximum absolute atomic E-state index is 6.74. The van der Waals surface area contributed by atoms with E-state index in [1.807, 2.05) is 24.3 Å². The number of para-hydroxylation sites is 4. The Labute approximate surface area is 400 Å². The number of hydrogen-bond donors (Lipinski definition) is 0. The van der Waals surface area contributed by atoms with E-state index in [4.69, 9.17) is 18.8 Å². The van der Waals surface area contributed by atoms with Gasteiger partial charge >= 0.3 is 0 Å². The number of furan rings is 2. The number of aromatic nitrogens is 4. The largest absolute Gasteiger partial charge is 0.455 e. The Bertz CT molecular complexity index is 4540. The highest BCUT2D eigenvalue weighted by atomic mass is 16.3. The fourth-order valence-electron chi connectivity index (χ4n) is 11.0. The second-order valence-electron chi connectivity index (χ2n) is 18.1. The molecule has 70 heavy (non-hydrogen) atoms. The van der Waals surface area contributed by atoms with Crippen molar-refractivity contribution in [3.63, 3.8) is 0 Å². The van der Waals surface area contributed by atoms with Crippen molar-refractivity contribution in [3.8, 4) is 56.4 Å². The van der Waals surface area contributed by atoms with E-state index in [0.29, 0.717) is 5.82 Å². The third-order valence-electron chi connectivity index (χ3n) is 14.1. The highest BCUT2D eigenvalue weighted by molar-refractivity contribution is 6.25. The maximum atomic E-state index is 6.74. The van der Waals surface area contributed by atoms with Gasteiger partial charge in [-0.15, -0.1) is 0 Å². The van der Waals surface area contributed by atoms with Crippen LogP contribution >= 0.6 is 0 Å². The molecule has 326 valence electrons. The normalized spacial score (nSPS) is 12.0. The number of benzene rings is 10. The molecule has 0 aliphatic carbocycles. The fraction of sp³-hybridized carbons (Fsp3) is 0. The van der Waals surface area contributed by atoms with Crippen LogP contribution in [0.5, 0.6) is 0 Å². The van der Waals surface area contributed by atoms with Crippen LogP contribution in [0.4, 0.5) is 0 Å². The van der Waals surface area contributed by atoms with E-state index < -0.39 is 0 Å². The molecule has 6 nitrogen and oxygen atoms in total. The first kappa shape index (κ1) is 38.6. The molecule has 5 aromatic heterocycles. The Morgan fingerprint density at radius 3 is 1.41 bits per heavy atom. The van der Waals surface area contributed by atoms with Crippen LogP contribution in [-0.4, -0.2) is 19.1 Å². The molecule has 0 N–H and O–H groups in total. The van der Waals surface area contributed by atoms with E-state index in [-0.39, 0.29) is 0 Å². The molecular formula is C64H38N4O2. The van der Waals surface area contributed by atoms with E-state index in [1.165, 1.54) is 0 Å². The van der Waals surface area contributed by atoms with Crippen LogP contribution < -0.4 is 0 Å². The van der Waals surface area contributed by atoms with Gasteiger partial charge in [-0.05, 0) is 90.5 Å². The first-order valence-electron chi connectivity index (χ1n) is 23.6. The van der Waals surface area contributed by atoms with Crippen LogP contribution in [0.15, 0.2) is 239 Å². The van der Waals surface area contributed by atoms with Crippen molar-refractivity contribution in [3.05, 3.63) is 231 Å². The molecule has 0 radical (unpaired) electrons. The summed E-state index contributed by atoms with van der Waals surface area (Å²) in [5.74, 6) is 0.646. The number of fused-ring (bicyclic) bond motifs is 14. The highest BCUT2D eigenvalue weighted by Gasteiger charge is 2.23. The van der Waals surface area contributed by atoms with Gasteiger partial charge in [-0.1, -0.05) is 146 Å². The molecule has 0 saturated heterocycles. The molecule has 15 rings (SSSR count). The van der Waals surface area contributed by atoms with Gasteiger partial charge in [0.1, 0.15) is 22.3 Å². The highest BCUT2D eigenvalue weighted by Crippen LogP contribution is 2.45. The van der Waals surface area contributed by atoms with Crippen molar-refractivity contribution in [2.45, 2.75) is 0 Å². The van der Waals surface area contributed by atoms with Crippen molar-refractivity contribution in [1.29, 1.82) is 0 Å². The second-order valence-corrected chi connectivity index (χ2v) is 18.1. The Balaban J connectivity index is 1.00. The van der Waals surface area contributed by atoms with Gasteiger partial charge in [0.15, 0.2) is 5.82 Å². The zero-order valence-corrected chi connectivity index (χ0v) is 37.5. The molecule has 15 aromatic rings. The molecule has 0 saturated carbocycles. The van der Waals surface area contributed by atoms with Crippen molar-refractivity contribution in [2.24, 2.45) is 0 Å². The lowest BCUT2D eigenvalue weighted by Gasteiger charge is -2.17. The van der Waals surface area contributed by atoms with Gasteiger partial charge in [-0.3, -0.25) is 0 Å². The average Bonchev–Trinajstić information content (AvgIpc) is 4.19. The standard InChI is InChI=1S/C64H38N4O2/c1-3-16-39(17-4-1)51-38-52(40-18-5-2-6-19-40)66-64(65-51)42-30-33-55(68-54-27-12-8-25-49(54)61-57(68)35-32-47-45-23-10-14-29-59(45)70-63(47)61)50(37-42)41-20-15-21-43(36-41)67-53-26-11-7-24-48(53)60-56(67)34-31-46-44-22-9-13-28-58(44)69-62(46)60/h1-38H. The molecular weight excluding hydrogens is 857 g/mol.